The molecule has 5 atom stereocenters. The molecule has 1 fully saturated rings. The van der Waals surface area contributed by atoms with Crippen molar-refractivity contribution in [3.8, 4) is 0 Å². The van der Waals surface area contributed by atoms with Gasteiger partial charge < -0.3 is 18.4 Å². The number of hydrogen-bond donors (Lipinski definition) is 1. The second kappa shape index (κ2) is 17.7. The van der Waals surface area contributed by atoms with Crippen molar-refractivity contribution in [1.82, 2.24) is 0 Å². The molecule has 0 aliphatic heterocycles. The molecule has 0 saturated heterocycles. The molecule has 282 valence electrons. The van der Waals surface area contributed by atoms with Crippen LogP contribution in [0, 0.1) is 11.8 Å². The molecule has 0 radical (unpaired) electrons. The van der Waals surface area contributed by atoms with E-state index in [1.165, 1.54) is 5.56 Å². The van der Waals surface area contributed by atoms with Crippen LogP contribution in [0.5, 0.6) is 0 Å². The number of unbranched alkanes of at least 4 members (excludes halogenated alkanes) is 1. The highest BCUT2D eigenvalue weighted by molar-refractivity contribution is 6.75. The highest BCUT2D eigenvalue weighted by Gasteiger charge is 2.51. The zero-order valence-electron chi connectivity index (χ0n) is 34.4. The van der Waals surface area contributed by atoms with Gasteiger partial charge in [0.25, 0.3) is 0 Å². The minimum Gasteiger partial charge on any atom is -0.481 e. The predicted molar refractivity (Wildman–Crippen MR) is 217 cm³/mol. The molecule has 1 aromatic carbocycles. The number of carboxylic acids is 1. The van der Waals surface area contributed by atoms with E-state index in [1.54, 1.807) is 0 Å². The summed E-state index contributed by atoms with van der Waals surface area (Å²) in [5.74, 6) is -0.00323. The number of carbonyl (C=O) groups is 1. The number of hydrogen-bond acceptors (Lipinski definition) is 4. The Bertz CT molecular complexity index is 1170. The summed E-state index contributed by atoms with van der Waals surface area (Å²) in [5.41, 5.74) is 1.38. The van der Waals surface area contributed by atoms with E-state index in [4.69, 9.17) is 18.4 Å². The first-order chi connectivity index (χ1) is 22.3. The monoisotopic (exact) mass is 733 g/mol. The average Bonchev–Trinajstić information content (AvgIpc) is 3.24. The van der Waals surface area contributed by atoms with E-state index in [2.05, 4.69) is 144 Å². The van der Waals surface area contributed by atoms with E-state index in [0.29, 0.717) is 18.3 Å². The Balaban J connectivity index is 2.49. The summed E-state index contributed by atoms with van der Waals surface area (Å²) >= 11 is 0. The summed E-state index contributed by atoms with van der Waals surface area (Å²) < 4.78 is 21.9. The fraction of sp³-hybridized carbons (Fsp3) is 0.780. The van der Waals surface area contributed by atoms with Gasteiger partial charge in [-0.1, -0.05) is 105 Å². The molecular formula is C41H76O5Si3. The maximum atomic E-state index is 11.1. The van der Waals surface area contributed by atoms with Crippen molar-refractivity contribution in [2.24, 2.45) is 11.8 Å². The Morgan fingerprint density at radius 1 is 0.776 bits per heavy atom. The van der Waals surface area contributed by atoms with Crippen LogP contribution in [0.25, 0.3) is 0 Å². The van der Waals surface area contributed by atoms with Gasteiger partial charge in [0.15, 0.2) is 25.0 Å². The van der Waals surface area contributed by atoms with Crippen LogP contribution >= 0.6 is 0 Å². The number of aryl methyl sites for hydroxylation is 1. The highest BCUT2D eigenvalue weighted by atomic mass is 28.4. The molecule has 0 aromatic heterocycles. The Morgan fingerprint density at radius 3 is 1.78 bits per heavy atom. The lowest BCUT2D eigenvalue weighted by molar-refractivity contribution is -0.137. The summed E-state index contributed by atoms with van der Waals surface area (Å²) in [6.07, 6.45) is 12.7. The molecule has 1 N–H and O–H groups in total. The third-order valence-corrected chi connectivity index (χ3v) is 26.0. The second-order valence-electron chi connectivity index (χ2n) is 19.5. The van der Waals surface area contributed by atoms with Gasteiger partial charge in [0.05, 0.1) is 12.2 Å². The fourth-order valence-corrected chi connectivity index (χ4v) is 10.4. The van der Waals surface area contributed by atoms with Gasteiger partial charge in [-0.25, -0.2) is 0 Å². The highest BCUT2D eigenvalue weighted by Crippen LogP contribution is 2.49. The lowest BCUT2D eigenvalue weighted by atomic mass is 9.85. The maximum absolute atomic E-state index is 11.1. The molecule has 2 rings (SSSR count). The van der Waals surface area contributed by atoms with Crippen molar-refractivity contribution in [3.05, 3.63) is 48.0 Å². The largest absolute Gasteiger partial charge is 0.481 e. The van der Waals surface area contributed by atoms with Crippen molar-refractivity contribution in [2.75, 3.05) is 0 Å². The van der Waals surface area contributed by atoms with Crippen LogP contribution in [0.2, 0.25) is 54.4 Å². The Hall–Kier alpha value is -1.04. The first kappa shape index (κ1) is 44.1. The molecule has 0 amide bonds. The molecular weight excluding hydrogens is 657 g/mol. The van der Waals surface area contributed by atoms with Gasteiger partial charge in [-0.05, 0) is 123 Å². The topological polar surface area (TPSA) is 65.0 Å². The van der Waals surface area contributed by atoms with E-state index in [0.717, 1.165) is 44.9 Å². The first-order valence-corrected chi connectivity index (χ1v) is 27.9. The van der Waals surface area contributed by atoms with Crippen LogP contribution in [0.15, 0.2) is 42.5 Å². The van der Waals surface area contributed by atoms with Gasteiger partial charge in [-0.15, -0.1) is 0 Å². The van der Waals surface area contributed by atoms with Crippen LogP contribution in [-0.2, 0) is 24.5 Å². The summed E-state index contributed by atoms with van der Waals surface area (Å²) in [4.78, 5) is 11.1. The Kier molecular flexibility index (Phi) is 15.9. The predicted octanol–water partition coefficient (Wildman–Crippen LogP) is 12.4. The molecule has 1 aromatic rings. The van der Waals surface area contributed by atoms with E-state index < -0.39 is 30.9 Å². The molecule has 0 heterocycles. The number of allylic oxidation sites excluding steroid dienone is 2. The van der Waals surface area contributed by atoms with Gasteiger partial charge in [0.1, 0.15) is 0 Å². The number of carboxylic acid groups (broad SMARTS) is 1. The molecule has 1 saturated carbocycles. The lowest BCUT2D eigenvalue weighted by Gasteiger charge is -2.41. The van der Waals surface area contributed by atoms with Crippen molar-refractivity contribution >= 4 is 30.9 Å². The molecule has 49 heavy (non-hydrogen) atoms. The molecule has 1 aliphatic carbocycles. The summed E-state index contributed by atoms with van der Waals surface area (Å²) in [6.45, 7) is 35.4. The Morgan fingerprint density at radius 2 is 1.29 bits per heavy atom. The molecule has 3 unspecified atom stereocenters. The van der Waals surface area contributed by atoms with E-state index in [-0.39, 0.29) is 39.8 Å². The Labute approximate surface area is 305 Å². The summed E-state index contributed by atoms with van der Waals surface area (Å²) in [6, 6.07) is 10.9. The zero-order chi connectivity index (χ0) is 37.5. The van der Waals surface area contributed by atoms with Gasteiger partial charge in [0.2, 0.25) is 0 Å². The standard InChI is InChI=1S/C41H76O5Si3/c1-39(2,3)47(10,11)44-33(28-27-32-23-19-18-20-24-32)29-30-35-34(25-21-16-17-22-26-38(42)43)36(45-48(12,13)40(4,5)6)31-37(35)46-49(14,15)41(7,8)9/h16,18-21,23-24,33-37H,17,22,25-31H2,1-15H3,(H,42,43)/b21-16-/t33?,34-,35-,36?,37?/m1/s1. The van der Waals surface area contributed by atoms with Crippen LogP contribution in [0.3, 0.4) is 0 Å². The molecule has 1 aliphatic rings. The van der Waals surface area contributed by atoms with Gasteiger partial charge in [-0.2, -0.15) is 0 Å². The maximum Gasteiger partial charge on any atom is 0.303 e. The minimum atomic E-state index is -2.05. The van der Waals surface area contributed by atoms with Crippen molar-refractivity contribution in [3.63, 3.8) is 0 Å². The van der Waals surface area contributed by atoms with Gasteiger partial charge in [0, 0.05) is 12.5 Å². The third kappa shape index (κ3) is 13.5. The quantitative estimate of drug-likeness (QED) is 0.0925. The SMILES string of the molecule is CC(C)(C)[Si](C)(C)OC(CCc1ccccc1)CC[C@H]1C(O[Si](C)(C)C(C)(C)C)CC(O[Si](C)(C)C(C)(C)C)[C@@H]1C/C=C\CCCC(=O)O. The van der Waals surface area contributed by atoms with Crippen LogP contribution in [0.4, 0.5) is 0 Å². The minimum absolute atomic E-state index is 0.123. The molecule has 8 heteroatoms. The molecule has 0 spiro atoms. The first-order valence-electron chi connectivity index (χ1n) is 19.2. The summed E-state index contributed by atoms with van der Waals surface area (Å²) in [7, 11) is -6.07. The normalized spacial score (nSPS) is 22.2. The molecule has 0 bridgehead atoms. The fourth-order valence-electron chi connectivity index (χ4n) is 6.19. The smallest absolute Gasteiger partial charge is 0.303 e. The molecule has 5 nitrogen and oxygen atoms in total. The van der Waals surface area contributed by atoms with Gasteiger partial charge in [-0.3, -0.25) is 4.79 Å². The van der Waals surface area contributed by atoms with Gasteiger partial charge >= 0.3 is 5.97 Å². The zero-order valence-corrected chi connectivity index (χ0v) is 37.4. The van der Waals surface area contributed by atoms with Crippen molar-refractivity contribution < 1.29 is 23.2 Å². The lowest BCUT2D eigenvalue weighted by Crippen LogP contribution is -2.45. The number of benzene rings is 1. The van der Waals surface area contributed by atoms with Crippen molar-refractivity contribution in [1.29, 1.82) is 0 Å². The van der Waals surface area contributed by atoms with Crippen LogP contribution in [0.1, 0.15) is 119 Å². The van der Waals surface area contributed by atoms with Crippen LogP contribution in [-0.4, -0.2) is 54.3 Å². The average molecular weight is 733 g/mol. The third-order valence-electron chi connectivity index (χ3n) is 12.5. The summed E-state index contributed by atoms with van der Waals surface area (Å²) in [5, 5.41) is 9.53. The van der Waals surface area contributed by atoms with Crippen LogP contribution < -0.4 is 0 Å². The number of rotatable bonds is 18. The second-order valence-corrected chi connectivity index (χ2v) is 33.8. The van der Waals surface area contributed by atoms with E-state index >= 15 is 0 Å². The number of aliphatic carboxylic acids is 1. The van der Waals surface area contributed by atoms with E-state index in [9.17, 15) is 4.79 Å². The van der Waals surface area contributed by atoms with E-state index in [1.807, 2.05) is 0 Å². The van der Waals surface area contributed by atoms with Crippen molar-refractivity contribution in [2.45, 2.75) is 193 Å².